The minimum Gasteiger partial charge on any atom is -0.488 e. The minimum absolute atomic E-state index is 0.0375. The van der Waals surface area contributed by atoms with Gasteiger partial charge in [-0.05, 0) is 58.1 Å². The zero-order valence-electron chi connectivity index (χ0n) is 19.4. The minimum atomic E-state index is -0.553. The lowest BCUT2D eigenvalue weighted by Gasteiger charge is -2.32. The zero-order valence-corrected chi connectivity index (χ0v) is 19.4. The lowest BCUT2D eigenvalue weighted by Crippen LogP contribution is -2.45. The molecule has 1 fully saturated rings. The van der Waals surface area contributed by atoms with Crippen LogP contribution in [0.15, 0.2) is 24.3 Å². The Kier molecular flexibility index (Phi) is 7.63. The monoisotopic (exact) mass is 431 g/mol. The van der Waals surface area contributed by atoms with E-state index in [1.165, 1.54) is 5.56 Å². The number of carbonyl (C=O) groups is 2. The van der Waals surface area contributed by atoms with E-state index < -0.39 is 11.0 Å². The molecule has 2 unspecified atom stereocenters. The van der Waals surface area contributed by atoms with Gasteiger partial charge < -0.3 is 19.5 Å². The van der Waals surface area contributed by atoms with Gasteiger partial charge in [0.05, 0.1) is 12.5 Å². The number of amides is 1. The van der Waals surface area contributed by atoms with Gasteiger partial charge in [-0.15, -0.1) is 0 Å². The summed E-state index contributed by atoms with van der Waals surface area (Å²) >= 11 is 0. The summed E-state index contributed by atoms with van der Waals surface area (Å²) in [6.45, 7) is 6.56. The molecule has 1 heterocycles. The van der Waals surface area contributed by atoms with Gasteiger partial charge in [0.1, 0.15) is 17.5 Å². The van der Waals surface area contributed by atoms with Crippen molar-refractivity contribution in [1.82, 2.24) is 5.32 Å². The molecule has 0 radical (unpaired) electrons. The molecule has 6 nitrogen and oxygen atoms in total. The van der Waals surface area contributed by atoms with E-state index in [0.717, 1.165) is 37.9 Å². The highest BCUT2D eigenvalue weighted by molar-refractivity contribution is 5.84. The molecule has 1 aliphatic carbocycles. The van der Waals surface area contributed by atoms with Gasteiger partial charge in [-0.2, -0.15) is 0 Å². The van der Waals surface area contributed by atoms with Gasteiger partial charge in [0.25, 0.3) is 0 Å². The van der Waals surface area contributed by atoms with Crippen LogP contribution in [-0.2, 0) is 25.5 Å². The maximum absolute atomic E-state index is 13.4. The van der Waals surface area contributed by atoms with Crippen molar-refractivity contribution in [3.05, 3.63) is 29.8 Å². The van der Waals surface area contributed by atoms with Crippen molar-refractivity contribution >= 4 is 11.9 Å². The van der Waals surface area contributed by atoms with E-state index in [1.807, 2.05) is 39.0 Å². The lowest BCUT2D eigenvalue weighted by atomic mass is 9.76. The highest BCUT2D eigenvalue weighted by atomic mass is 16.6. The van der Waals surface area contributed by atoms with Crippen LogP contribution in [0.5, 0.6) is 5.75 Å². The number of methoxy groups -OCH3 is 1. The molecule has 172 valence electrons. The van der Waals surface area contributed by atoms with E-state index in [9.17, 15) is 9.59 Å². The molecule has 1 aliphatic heterocycles. The average Bonchev–Trinajstić information content (AvgIpc) is 3.35. The van der Waals surface area contributed by atoms with E-state index in [4.69, 9.17) is 14.2 Å². The SMILES string of the molecule is COCCC(CC1(C(=O)NCC2Cc3ccccc3O2)CCCC1)C(=O)OC(C)(C)C. The topological polar surface area (TPSA) is 73.9 Å². The first-order valence-corrected chi connectivity index (χ1v) is 11.5. The van der Waals surface area contributed by atoms with E-state index >= 15 is 0 Å². The summed E-state index contributed by atoms with van der Waals surface area (Å²) in [5, 5.41) is 3.14. The van der Waals surface area contributed by atoms with Gasteiger partial charge in [0.15, 0.2) is 0 Å². The number of para-hydroxylation sites is 1. The standard InChI is InChI=1S/C25H37NO5/c1-24(2,3)31-22(27)19(11-14-29-4)16-25(12-7-8-13-25)23(28)26-17-20-15-18-9-5-6-10-21(18)30-20/h5-6,9-10,19-20H,7-8,11-17H2,1-4H3,(H,26,28). The van der Waals surface area contributed by atoms with Crippen LogP contribution in [0.2, 0.25) is 0 Å². The molecule has 1 saturated carbocycles. The number of fused-ring (bicyclic) bond motifs is 1. The molecular formula is C25H37NO5. The van der Waals surface area contributed by atoms with Crippen molar-refractivity contribution < 1.29 is 23.8 Å². The molecule has 0 spiro atoms. The number of esters is 1. The number of rotatable bonds is 9. The molecule has 3 rings (SSSR count). The Bertz CT molecular complexity index is 738. The molecule has 0 bridgehead atoms. The first-order chi connectivity index (χ1) is 14.7. The lowest BCUT2D eigenvalue weighted by molar-refractivity contribution is -0.162. The molecule has 2 aliphatic rings. The van der Waals surface area contributed by atoms with Crippen LogP contribution in [0.25, 0.3) is 0 Å². The van der Waals surface area contributed by atoms with Crippen molar-refractivity contribution in [2.45, 2.75) is 77.4 Å². The van der Waals surface area contributed by atoms with Crippen LogP contribution >= 0.6 is 0 Å². The van der Waals surface area contributed by atoms with Crippen molar-refractivity contribution in [3.8, 4) is 5.75 Å². The molecule has 0 saturated heterocycles. The largest absolute Gasteiger partial charge is 0.488 e. The molecule has 1 aromatic rings. The summed E-state index contributed by atoms with van der Waals surface area (Å²) in [4.78, 5) is 26.2. The van der Waals surface area contributed by atoms with Crippen LogP contribution in [-0.4, -0.2) is 43.8 Å². The third-order valence-electron chi connectivity index (χ3n) is 6.29. The van der Waals surface area contributed by atoms with Crippen molar-refractivity contribution in [3.63, 3.8) is 0 Å². The second-order valence-electron chi connectivity index (χ2n) is 9.97. The van der Waals surface area contributed by atoms with Crippen molar-refractivity contribution in [2.24, 2.45) is 11.3 Å². The highest BCUT2D eigenvalue weighted by Crippen LogP contribution is 2.44. The smallest absolute Gasteiger partial charge is 0.309 e. The average molecular weight is 432 g/mol. The molecule has 1 aromatic carbocycles. The fourth-order valence-electron chi connectivity index (χ4n) is 4.76. The summed E-state index contributed by atoms with van der Waals surface area (Å²) in [6.07, 6.45) is 5.43. The predicted molar refractivity (Wildman–Crippen MR) is 119 cm³/mol. The van der Waals surface area contributed by atoms with Gasteiger partial charge in [-0.3, -0.25) is 9.59 Å². The Morgan fingerprint density at radius 2 is 1.94 bits per heavy atom. The number of carbonyl (C=O) groups excluding carboxylic acids is 2. The molecule has 2 atom stereocenters. The van der Waals surface area contributed by atoms with Gasteiger partial charge in [0.2, 0.25) is 5.91 Å². The van der Waals surface area contributed by atoms with Crippen LogP contribution in [0, 0.1) is 11.3 Å². The van der Waals surface area contributed by atoms with E-state index in [1.54, 1.807) is 7.11 Å². The normalized spacial score (nSPS) is 20.6. The van der Waals surface area contributed by atoms with Gasteiger partial charge in [-0.1, -0.05) is 31.0 Å². The first kappa shape index (κ1) is 23.6. The van der Waals surface area contributed by atoms with Crippen molar-refractivity contribution in [1.29, 1.82) is 0 Å². The van der Waals surface area contributed by atoms with Gasteiger partial charge >= 0.3 is 5.97 Å². The maximum atomic E-state index is 13.4. The van der Waals surface area contributed by atoms with Crippen LogP contribution < -0.4 is 10.1 Å². The first-order valence-electron chi connectivity index (χ1n) is 11.5. The summed E-state index contributed by atoms with van der Waals surface area (Å²) < 4.78 is 16.9. The summed E-state index contributed by atoms with van der Waals surface area (Å²) in [7, 11) is 1.63. The fraction of sp³-hybridized carbons (Fsp3) is 0.680. The van der Waals surface area contributed by atoms with E-state index in [0.29, 0.717) is 26.0 Å². The van der Waals surface area contributed by atoms with E-state index in [-0.39, 0.29) is 23.9 Å². The Labute approximate surface area is 186 Å². The zero-order chi connectivity index (χ0) is 22.5. The number of ether oxygens (including phenoxy) is 3. The summed E-state index contributed by atoms with van der Waals surface area (Å²) in [5.74, 6) is 0.352. The van der Waals surface area contributed by atoms with Gasteiger partial charge in [-0.25, -0.2) is 0 Å². The number of nitrogens with one attached hydrogen (secondary N) is 1. The van der Waals surface area contributed by atoms with Crippen LogP contribution in [0.3, 0.4) is 0 Å². The number of hydrogen-bond acceptors (Lipinski definition) is 5. The maximum Gasteiger partial charge on any atom is 0.309 e. The quantitative estimate of drug-likeness (QED) is 0.597. The highest BCUT2D eigenvalue weighted by Gasteiger charge is 2.45. The third-order valence-corrected chi connectivity index (χ3v) is 6.29. The number of hydrogen-bond donors (Lipinski definition) is 1. The third kappa shape index (κ3) is 6.22. The Balaban J connectivity index is 1.63. The second-order valence-corrected chi connectivity index (χ2v) is 9.97. The van der Waals surface area contributed by atoms with Crippen LogP contribution in [0.4, 0.5) is 0 Å². The molecule has 0 aromatic heterocycles. The molecule has 31 heavy (non-hydrogen) atoms. The fourth-order valence-corrected chi connectivity index (χ4v) is 4.76. The predicted octanol–water partition coefficient (Wildman–Crippen LogP) is 4.05. The Morgan fingerprint density at radius 1 is 1.23 bits per heavy atom. The van der Waals surface area contributed by atoms with Gasteiger partial charge in [0, 0.05) is 25.6 Å². The van der Waals surface area contributed by atoms with Crippen molar-refractivity contribution in [2.75, 3.05) is 20.3 Å². The van der Waals surface area contributed by atoms with E-state index in [2.05, 4.69) is 11.4 Å². The summed E-state index contributed by atoms with van der Waals surface area (Å²) in [6, 6.07) is 8.01. The summed E-state index contributed by atoms with van der Waals surface area (Å²) in [5.41, 5.74) is 0.102. The molecule has 6 heteroatoms. The molecule has 1 amide bonds. The Hall–Kier alpha value is -2.08. The Morgan fingerprint density at radius 3 is 2.58 bits per heavy atom. The second kappa shape index (κ2) is 10.0. The number of benzene rings is 1. The molecule has 1 N–H and O–H groups in total. The van der Waals surface area contributed by atoms with Crippen LogP contribution in [0.1, 0.15) is 64.9 Å². The molecular weight excluding hydrogens is 394 g/mol.